The van der Waals surface area contributed by atoms with E-state index in [1.54, 1.807) is 13.0 Å². The van der Waals surface area contributed by atoms with Gasteiger partial charge in [0.15, 0.2) is 19.7 Å². The molecule has 2 atom stereocenters. The third kappa shape index (κ3) is 6.27. The molecular formula is C21H34N2O6S2. The third-order valence-corrected chi connectivity index (χ3v) is 10.0. The van der Waals surface area contributed by atoms with Gasteiger partial charge in [0.25, 0.3) is 0 Å². The highest BCUT2D eigenvalue weighted by Gasteiger charge is 2.32. The first-order valence-electron chi connectivity index (χ1n) is 10.8. The summed E-state index contributed by atoms with van der Waals surface area (Å²) in [6.45, 7) is 10.5. The van der Waals surface area contributed by atoms with Gasteiger partial charge in [-0.05, 0) is 38.5 Å². The minimum atomic E-state index is -3.80. The number of aryl methyl sites for hydroxylation is 1. The third-order valence-electron chi connectivity index (χ3n) is 6.03. The van der Waals surface area contributed by atoms with Gasteiger partial charge in [-0.15, -0.1) is 0 Å². The van der Waals surface area contributed by atoms with Crippen LogP contribution in [-0.2, 0) is 29.1 Å². The predicted octanol–water partition coefficient (Wildman–Crippen LogP) is 0.984. The second kappa shape index (κ2) is 10.3. The molecule has 10 heteroatoms. The van der Waals surface area contributed by atoms with Crippen LogP contribution in [0.15, 0.2) is 28.0 Å². The van der Waals surface area contributed by atoms with Crippen LogP contribution >= 0.6 is 0 Å². The van der Waals surface area contributed by atoms with Crippen molar-refractivity contribution in [3.8, 4) is 0 Å². The zero-order chi connectivity index (χ0) is 22.6. The number of hydrogen-bond donors (Lipinski definition) is 0. The molecule has 1 aromatic carbocycles. The molecule has 2 saturated heterocycles. The summed E-state index contributed by atoms with van der Waals surface area (Å²) in [7, 11) is -7.60. The van der Waals surface area contributed by atoms with E-state index in [1.165, 1.54) is 12.1 Å². The molecule has 176 valence electrons. The number of sulfone groups is 2. The predicted molar refractivity (Wildman–Crippen MR) is 119 cm³/mol. The van der Waals surface area contributed by atoms with E-state index < -0.39 is 19.7 Å². The topological polar surface area (TPSA) is 93.2 Å². The summed E-state index contributed by atoms with van der Waals surface area (Å²) in [5, 5.41) is 0. The van der Waals surface area contributed by atoms with Crippen LogP contribution in [0.1, 0.15) is 19.4 Å². The fraction of sp³-hybridized carbons (Fsp3) is 0.714. The maximum atomic E-state index is 13.3. The highest BCUT2D eigenvalue weighted by Crippen LogP contribution is 2.27. The van der Waals surface area contributed by atoms with Gasteiger partial charge in [0.05, 0.1) is 47.7 Å². The first-order valence-corrected chi connectivity index (χ1v) is 14.1. The molecule has 0 aliphatic carbocycles. The molecular weight excluding hydrogens is 440 g/mol. The van der Waals surface area contributed by atoms with E-state index in [1.807, 2.05) is 13.8 Å². The molecule has 0 bridgehead atoms. The van der Waals surface area contributed by atoms with E-state index in [4.69, 9.17) is 9.47 Å². The second-order valence-electron chi connectivity index (χ2n) is 8.51. The number of ether oxygens (including phenoxy) is 2. The van der Waals surface area contributed by atoms with Gasteiger partial charge in [0.2, 0.25) is 0 Å². The quantitative estimate of drug-likeness (QED) is 0.551. The monoisotopic (exact) mass is 474 g/mol. The van der Waals surface area contributed by atoms with Gasteiger partial charge in [0, 0.05) is 38.3 Å². The normalized spacial score (nSPS) is 21.6. The minimum Gasteiger partial charge on any atom is -0.379 e. The van der Waals surface area contributed by atoms with E-state index in [2.05, 4.69) is 9.80 Å². The first-order chi connectivity index (χ1) is 14.6. The molecule has 0 spiro atoms. The van der Waals surface area contributed by atoms with Crippen molar-refractivity contribution in [2.75, 3.05) is 64.1 Å². The molecule has 0 aromatic heterocycles. The van der Waals surface area contributed by atoms with Crippen LogP contribution in [0.2, 0.25) is 0 Å². The summed E-state index contributed by atoms with van der Waals surface area (Å²) in [5.41, 5.74) is 0.720. The molecule has 0 N–H and O–H groups in total. The van der Waals surface area contributed by atoms with Crippen molar-refractivity contribution in [3.63, 3.8) is 0 Å². The molecule has 2 aliphatic rings. The SMILES string of the molecule is Cc1ccc(S(=O)(=O)C[C@H](C)N2CCOCC2)c(S(=O)(=O)C[C@@H](C)N2CCOCC2)c1. The van der Waals surface area contributed by atoms with Crippen molar-refractivity contribution < 1.29 is 26.3 Å². The summed E-state index contributed by atoms with van der Waals surface area (Å²) >= 11 is 0. The smallest absolute Gasteiger partial charge is 0.181 e. The van der Waals surface area contributed by atoms with Crippen LogP contribution in [-0.4, -0.2) is 103 Å². The lowest BCUT2D eigenvalue weighted by Gasteiger charge is -2.32. The lowest BCUT2D eigenvalue weighted by molar-refractivity contribution is 0.0243. The number of nitrogens with zero attached hydrogens (tertiary/aromatic N) is 2. The minimum absolute atomic E-state index is 0.0817. The van der Waals surface area contributed by atoms with Crippen LogP contribution < -0.4 is 0 Å². The van der Waals surface area contributed by atoms with E-state index >= 15 is 0 Å². The van der Waals surface area contributed by atoms with Crippen molar-refractivity contribution in [2.24, 2.45) is 0 Å². The highest BCUT2D eigenvalue weighted by molar-refractivity contribution is 7.94. The van der Waals surface area contributed by atoms with E-state index in [-0.39, 0.29) is 33.4 Å². The highest BCUT2D eigenvalue weighted by atomic mass is 32.2. The van der Waals surface area contributed by atoms with Crippen LogP contribution in [0, 0.1) is 6.92 Å². The van der Waals surface area contributed by atoms with E-state index in [0.29, 0.717) is 52.6 Å². The Morgan fingerprint density at radius 2 is 1.19 bits per heavy atom. The standard InChI is InChI=1S/C21H34N2O6S2/c1-17-4-5-20(30(24,25)15-18(2)22-6-10-28-11-7-22)21(14-17)31(26,27)16-19(3)23-8-12-29-13-9-23/h4-5,14,18-19H,6-13,15-16H2,1-3H3/t18-,19+/m0/s1. The Bertz CT molecular complexity index is 952. The molecule has 3 rings (SSSR count). The number of hydrogen-bond acceptors (Lipinski definition) is 8. The average Bonchev–Trinajstić information content (AvgIpc) is 2.74. The zero-order valence-corrected chi connectivity index (χ0v) is 20.3. The zero-order valence-electron chi connectivity index (χ0n) is 18.6. The number of rotatable bonds is 8. The lowest BCUT2D eigenvalue weighted by Crippen LogP contribution is -2.45. The van der Waals surface area contributed by atoms with Crippen molar-refractivity contribution in [1.82, 2.24) is 9.80 Å². The van der Waals surface area contributed by atoms with Gasteiger partial charge in [-0.25, -0.2) is 16.8 Å². The van der Waals surface area contributed by atoms with Crippen molar-refractivity contribution in [3.05, 3.63) is 23.8 Å². The Kier molecular flexibility index (Phi) is 8.15. The van der Waals surface area contributed by atoms with Crippen LogP contribution in [0.25, 0.3) is 0 Å². The molecule has 8 nitrogen and oxygen atoms in total. The van der Waals surface area contributed by atoms with Gasteiger partial charge in [0.1, 0.15) is 0 Å². The van der Waals surface area contributed by atoms with Crippen LogP contribution in [0.3, 0.4) is 0 Å². The fourth-order valence-corrected chi connectivity index (χ4v) is 8.37. The van der Waals surface area contributed by atoms with Gasteiger partial charge >= 0.3 is 0 Å². The molecule has 2 aliphatic heterocycles. The lowest BCUT2D eigenvalue weighted by atomic mass is 10.2. The molecule has 0 saturated carbocycles. The van der Waals surface area contributed by atoms with Crippen molar-refractivity contribution >= 4 is 19.7 Å². The van der Waals surface area contributed by atoms with Gasteiger partial charge in [-0.2, -0.15) is 0 Å². The van der Waals surface area contributed by atoms with E-state index in [0.717, 1.165) is 5.56 Å². The molecule has 0 amide bonds. The summed E-state index contributed by atoms with van der Waals surface area (Å²) in [4.78, 5) is 3.98. The summed E-state index contributed by atoms with van der Waals surface area (Å²) in [6, 6.07) is 4.16. The van der Waals surface area contributed by atoms with Gasteiger partial charge in [-0.1, -0.05) is 6.07 Å². The maximum absolute atomic E-state index is 13.3. The Labute approximate surface area is 186 Å². The molecule has 2 fully saturated rings. The molecule has 0 unspecified atom stereocenters. The van der Waals surface area contributed by atoms with Crippen LogP contribution in [0.4, 0.5) is 0 Å². The summed E-state index contributed by atoms with van der Waals surface area (Å²) in [6.07, 6.45) is 0. The van der Waals surface area contributed by atoms with Gasteiger partial charge < -0.3 is 9.47 Å². The number of morpholine rings is 2. The molecule has 31 heavy (non-hydrogen) atoms. The molecule has 1 aromatic rings. The van der Waals surface area contributed by atoms with Crippen LogP contribution in [0.5, 0.6) is 0 Å². The Morgan fingerprint density at radius 1 is 0.774 bits per heavy atom. The average molecular weight is 475 g/mol. The van der Waals surface area contributed by atoms with Crippen molar-refractivity contribution in [2.45, 2.75) is 42.6 Å². The Balaban J connectivity index is 1.84. The maximum Gasteiger partial charge on any atom is 0.181 e. The fourth-order valence-electron chi connectivity index (χ4n) is 4.18. The molecule has 0 radical (unpaired) electrons. The number of benzene rings is 1. The Morgan fingerprint density at radius 3 is 1.65 bits per heavy atom. The van der Waals surface area contributed by atoms with Gasteiger partial charge in [-0.3, -0.25) is 9.80 Å². The summed E-state index contributed by atoms with van der Waals surface area (Å²) in [5.74, 6) is -0.254. The first kappa shape index (κ1) is 24.6. The second-order valence-corrected chi connectivity index (χ2v) is 12.5. The molecule has 2 heterocycles. The summed E-state index contributed by atoms with van der Waals surface area (Å²) < 4.78 is 64.0. The largest absolute Gasteiger partial charge is 0.379 e. The Hall–Kier alpha value is -1.04. The van der Waals surface area contributed by atoms with Crippen molar-refractivity contribution in [1.29, 1.82) is 0 Å². The van der Waals surface area contributed by atoms with E-state index in [9.17, 15) is 16.8 Å².